The molecule has 3 nitrogen and oxygen atoms in total. The SMILES string of the molecule is CC(C)n1cc(C(F)(F)F)nc1-c1ccc([C@@H](C)O)cc1. The van der Waals surface area contributed by atoms with Crippen LogP contribution in [0.1, 0.15) is 44.2 Å². The second kappa shape index (κ2) is 5.52. The largest absolute Gasteiger partial charge is 0.434 e. The molecule has 0 radical (unpaired) electrons. The molecule has 0 aliphatic carbocycles. The first-order valence-corrected chi connectivity index (χ1v) is 6.64. The highest BCUT2D eigenvalue weighted by atomic mass is 19.4. The highest BCUT2D eigenvalue weighted by Crippen LogP contribution is 2.32. The van der Waals surface area contributed by atoms with Gasteiger partial charge in [0, 0.05) is 17.8 Å². The normalized spacial score (nSPS) is 13.7. The number of halogens is 3. The predicted molar refractivity (Wildman–Crippen MR) is 73.7 cm³/mol. The molecule has 2 aromatic rings. The summed E-state index contributed by atoms with van der Waals surface area (Å²) in [5.74, 6) is 0.273. The number of rotatable bonds is 3. The van der Waals surface area contributed by atoms with Crippen LogP contribution >= 0.6 is 0 Å². The molecule has 1 heterocycles. The van der Waals surface area contributed by atoms with Gasteiger partial charge in [0.1, 0.15) is 5.82 Å². The molecule has 0 amide bonds. The van der Waals surface area contributed by atoms with E-state index in [2.05, 4.69) is 4.98 Å². The lowest BCUT2D eigenvalue weighted by molar-refractivity contribution is -0.140. The van der Waals surface area contributed by atoms with Gasteiger partial charge in [-0.25, -0.2) is 4.98 Å². The van der Waals surface area contributed by atoms with Crippen molar-refractivity contribution in [1.29, 1.82) is 0 Å². The molecule has 2 rings (SSSR count). The molecule has 1 aromatic carbocycles. The zero-order valence-electron chi connectivity index (χ0n) is 12.0. The van der Waals surface area contributed by atoms with Crippen molar-refractivity contribution in [2.45, 2.75) is 39.1 Å². The first-order chi connectivity index (χ1) is 9.70. The summed E-state index contributed by atoms with van der Waals surface area (Å²) in [4.78, 5) is 3.72. The van der Waals surface area contributed by atoms with Crippen LogP contribution in [0.25, 0.3) is 11.4 Å². The Hall–Kier alpha value is -1.82. The molecule has 0 spiro atoms. The molecular weight excluding hydrogens is 281 g/mol. The van der Waals surface area contributed by atoms with E-state index in [1.54, 1.807) is 45.0 Å². The molecule has 1 N–H and O–H groups in total. The number of benzene rings is 1. The van der Waals surface area contributed by atoms with Gasteiger partial charge in [0.05, 0.1) is 6.10 Å². The van der Waals surface area contributed by atoms with E-state index in [-0.39, 0.29) is 11.9 Å². The summed E-state index contributed by atoms with van der Waals surface area (Å²) in [5.41, 5.74) is 0.395. The molecule has 21 heavy (non-hydrogen) atoms. The van der Waals surface area contributed by atoms with Crippen LogP contribution in [0, 0.1) is 0 Å². The lowest BCUT2D eigenvalue weighted by atomic mass is 10.1. The fourth-order valence-corrected chi connectivity index (χ4v) is 2.05. The van der Waals surface area contributed by atoms with Crippen molar-refractivity contribution in [2.24, 2.45) is 0 Å². The van der Waals surface area contributed by atoms with Crippen LogP contribution in [-0.4, -0.2) is 14.7 Å². The fourth-order valence-electron chi connectivity index (χ4n) is 2.05. The molecule has 1 aromatic heterocycles. The van der Waals surface area contributed by atoms with E-state index >= 15 is 0 Å². The Labute approximate surface area is 121 Å². The minimum absolute atomic E-state index is 0.139. The zero-order chi connectivity index (χ0) is 15.8. The Balaban J connectivity index is 2.49. The summed E-state index contributed by atoms with van der Waals surface area (Å²) in [6.45, 7) is 5.23. The van der Waals surface area contributed by atoms with Crippen LogP contribution in [-0.2, 0) is 6.18 Å². The van der Waals surface area contributed by atoms with Gasteiger partial charge in [-0.3, -0.25) is 0 Å². The molecular formula is C15H17F3N2O. The van der Waals surface area contributed by atoms with Crippen LogP contribution in [0.15, 0.2) is 30.5 Å². The van der Waals surface area contributed by atoms with Gasteiger partial charge in [-0.1, -0.05) is 24.3 Å². The van der Waals surface area contributed by atoms with E-state index in [0.717, 1.165) is 6.20 Å². The molecule has 0 saturated carbocycles. The fraction of sp³-hybridized carbons (Fsp3) is 0.400. The van der Waals surface area contributed by atoms with E-state index in [0.29, 0.717) is 11.1 Å². The summed E-state index contributed by atoms with van der Waals surface area (Å²) < 4.78 is 40.0. The topological polar surface area (TPSA) is 38.0 Å². The van der Waals surface area contributed by atoms with Gasteiger partial charge in [-0.05, 0) is 26.3 Å². The Bertz CT molecular complexity index is 613. The Morgan fingerprint density at radius 2 is 1.67 bits per heavy atom. The lowest BCUT2D eigenvalue weighted by Gasteiger charge is -2.12. The highest BCUT2D eigenvalue weighted by Gasteiger charge is 2.35. The average Bonchev–Trinajstić information content (AvgIpc) is 2.83. The van der Waals surface area contributed by atoms with Gasteiger partial charge in [-0.2, -0.15) is 13.2 Å². The quantitative estimate of drug-likeness (QED) is 0.922. The smallest absolute Gasteiger partial charge is 0.389 e. The van der Waals surface area contributed by atoms with E-state index in [9.17, 15) is 18.3 Å². The first-order valence-electron chi connectivity index (χ1n) is 6.64. The number of alkyl halides is 3. The molecule has 0 saturated heterocycles. The summed E-state index contributed by atoms with van der Waals surface area (Å²) in [6, 6.07) is 6.58. The third-order valence-electron chi connectivity index (χ3n) is 3.23. The molecule has 0 fully saturated rings. The summed E-state index contributed by atoms with van der Waals surface area (Å²) in [5, 5.41) is 9.47. The molecule has 0 bridgehead atoms. The minimum Gasteiger partial charge on any atom is -0.389 e. The van der Waals surface area contributed by atoms with E-state index in [1.165, 1.54) is 4.57 Å². The molecule has 0 aliphatic rings. The van der Waals surface area contributed by atoms with Crippen molar-refractivity contribution in [3.05, 3.63) is 41.7 Å². The first kappa shape index (κ1) is 15.6. The second-order valence-electron chi connectivity index (χ2n) is 5.25. The van der Waals surface area contributed by atoms with E-state index in [4.69, 9.17) is 0 Å². The number of aromatic nitrogens is 2. The maximum atomic E-state index is 12.8. The minimum atomic E-state index is -4.46. The van der Waals surface area contributed by atoms with Gasteiger partial charge in [0.2, 0.25) is 0 Å². The summed E-state index contributed by atoms with van der Waals surface area (Å²) in [7, 11) is 0. The van der Waals surface area contributed by atoms with Gasteiger partial charge in [0.15, 0.2) is 5.69 Å². The van der Waals surface area contributed by atoms with Crippen LogP contribution in [0.5, 0.6) is 0 Å². The predicted octanol–water partition coefficient (Wildman–Crippen LogP) is 4.20. The van der Waals surface area contributed by atoms with Gasteiger partial charge in [-0.15, -0.1) is 0 Å². The van der Waals surface area contributed by atoms with Crippen LogP contribution < -0.4 is 0 Å². The van der Waals surface area contributed by atoms with Crippen molar-refractivity contribution >= 4 is 0 Å². The average molecular weight is 298 g/mol. The number of hydrogen-bond donors (Lipinski definition) is 1. The van der Waals surface area contributed by atoms with Crippen LogP contribution in [0.3, 0.4) is 0 Å². The maximum absolute atomic E-state index is 12.8. The molecule has 1 atom stereocenters. The monoisotopic (exact) mass is 298 g/mol. The van der Waals surface area contributed by atoms with Crippen LogP contribution in [0.2, 0.25) is 0 Å². The van der Waals surface area contributed by atoms with Crippen molar-refractivity contribution in [3.8, 4) is 11.4 Å². The van der Waals surface area contributed by atoms with E-state index < -0.39 is 18.0 Å². The number of nitrogens with zero attached hydrogens (tertiary/aromatic N) is 2. The third kappa shape index (κ3) is 3.26. The highest BCUT2D eigenvalue weighted by molar-refractivity contribution is 5.57. The standard InChI is InChI=1S/C15H17F3N2O/c1-9(2)20-8-13(15(16,17)18)19-14(20)12-6-4-11(5-7-12)10(3)21/h4-10,21H,1-3H3/t10-/m1/s1. The number of aliphatic hydroxyl groups excluding tert-OH is 1. The molecule has 114 valence electrons. The Kier molecular flexibility index (Phi) is 4.09. The van der Waals surface area contributed by atoms with Gasteiger partial charge < -0.3 is 9.67 Å². The third-order valence-corrected chi connectivity index (χ3v) is 3.23. The molecule has 0 unspecified atom stereocenters. The van der Waals surface area contributed by atoms with E-state index in [1.807, 2.05) is 0 Å². The second-order valence-corrected chi connectivity index (χ2v) is 5.25. The van der Waals surface area contributed by atoms with Gasteiger partial charge in [0.25, 0.3) is 0 Å². The van der Waals surface area contributed by atoms with Crippen LogP contribution in [0.4, 0.5) is 13.2 Å². The number of aliphatic hydroxyl groups is 1. The van der Waals surface area contributed by atoms with Crippen molar-refractivity contribution in [1.82, 2.24) is 9.55 Å². The van der Waals surface area contributed by atoms with Gasteiger partial charge >= 0.3 is 6.18 Å². The maximum Gasteiger partial charge on any atom is 0.434 e. The molecule has 0 aliphatic heterocycles. The Morgan fingerprint density at radius 3 is 2.10 bits per heavy atom. The lowest BCUT2D eigenvalue weighted by Crippen LogP contribution is -2.05. The van der Waals surface area contributed by atoms with Crippen molar-refractivity contribution in [2.75, 3.05) is 0 Å². The number of imidazole rings is 1. The summed E-state index contributed by atoms with van der Waals surface area (Å²) >= 11 is 0. The van der Waals surface area contributed by atoms with Crippen molar-refractivity contribution in [3.63, 3.8) is 0 Å². The number of hydrogen-bond acceptors (Lipinski definition) is 2. The Morgan fingerprint density at radius 1 is 1.10 bits per heavy atom. The van der Waals surface area contributed by atoms with Crippen molar-refractivity contribution < 1.29 is 18.3 Å². The molecule has 6 heteroatoms. The zero-order valence-corrected chi connectivity index (χ0v) is 12.0. The summed E-state index contributed by atoms with van der Waals surface area (Å²) in [6.07, 6.45) is -4.05.